The lowest BCUT2D eigenvalue weighted by Crippen LogP contribution is -2.62. The first kappa shape index (κ1) is 45.2. The number of sulfonamides is 1. The highest BCUT2D eigenvalue weighted by molar-refractivity contribution is 7.90. The standard InChI is InChI=1S/C27H26FN5O7S.C20H35N/c28-27(8-11-39-12-9-27)7-5-17-1-3-21(15-23(17)33(35)36)41(37,38)32-26(34)22-4-2-19(29)14-24(22)40-20-13-18-6-10-30-25(18)31-16-20;1-6-19-13-20(14-19,15-19)17-11-18(4,5)10-9-16(17)12-21(7-2)8-3/h1-4,6,10,13-16H,5,7-9,11-12,29H2,(H,30,31)(H,32,34);6-15H2,1-5H3. The van der Waals surface area contributed by atoms with Crippen LogP contribution in [0.25, 0.3) is 11.0 Å². The van der Waals surface area contributed by atoms with Gasteiger partial charge in [-0.3, -0.25) is 19.8 Å². The number of hydrogen-bond donors (Lipinski definition) is 3. The van der Waals surface area contributed by atoms with Crippen molar-refractivity contribution in [3.63, 3.8) is 0 Å². The number of aryl methyl sites for hydroxylation is 1. The smallest absolute Gasteiger partial charge is 0.273 e. The lowest BCUT2D eigenvalue weighted by Gasteiger charge is -2.73. The van der Waals surface area contributed by atoms with Crippen molar-refractivity contribution in [2.45, 2.75) is 116 Å². The molecule has 0 unspecified atom stereocenters. The zero-order chi connectivity index (χ0) is 44.5. The first-order valence-electron chi connectivity index (χ1n) is 22.0. The predicted molar refractivity (Wildman–Crippen MR) is 238 cm³/mol. The molecule has 5 aliphatic rings. The SMILES string of the molecule is CCN(CC)CC1=C(C23CC(CC)(C2)C3)CC(C)(C)CC1.Nc1ccc(C(=O)NS(=O)(=O)c2ccc(CCC3(F)CCOCC3)c([N+](=O)[O-])c2)c(Oc2cnc3[nH]ccc3c2)c1. The number of rotatable bonds is 15. The molecule has 0 spiro atoms. The molecular formula is C47H61FN6O7S. The Morgan fingerprint density at radius 1 is 1.05 bits per heavy atom. The van der Waals surface area contributed by atoms with Gasteiger partial charge in [-0.15, -0.1) is 0 Å². The van der Waals surface area contributed by atoms with Crippen molar-refractivity contribution in [3.8, 4) is 11.5 Å². The van der Waals surface area contributed by atoms with E-state index in [0.717, 1.165) is 22.9 Å². The van der Waals surface area contributed by atoms with Crippen LogP contribution < -0.4 is 15.2 Å². The van der Waals surface area contributed by atoms with Gasteiger partial charge in [0, 0.05) is 67.6 Å². The van der Waals surface area contributed by atoms with Crippen LogP contribution in [0.5, 0.6) is 11.5 Å². The number of aromatic nitrogens is 2. The van der Waals surface area contributed by atoms with Crippen LogP contribution in [0.3, 0.4) is 0 Å². The maximum absolute atomic E-state index is 15.0. The largest absolute Gasteiger partial charge is 0.455 e. The van der Waals surface area contributed by atoms with Crippen molar-refractivity contribution in [3.05, 3.63) is 93.3 Å². The number of hydrogen-bond acceptors (Lipinski definition) is 10. The molecule has 13 nitrogen and oxygen atoms in total. The Morgan fingerprint density at radius 2 is 1.77 bits per heavy atom. The molecule has 4 aliphatic carbocycles. The first-order chi connectivity index (χ1) is 29.4. The summed E-state index contributed by atoms with van der Waals surface area (Å²) < 4.78 is 54.1. The van der Waals surface area contributed by atoms with Crippen LogP contribution in [0.1, 0.15) is 115 Å². The molecule has 9 rings (SSSR count). The molecule has 0 radical (unpaired) electrons. The molecule has 334 valence electrons. The van der Waals surface area contributed by atoms with Crippen molar-refractivity contribution in [2.75, 3.05) is 38.6 Å². The number of likely N-dealkylation sites (N-methyl/N-ethyl adjacent to an activating group) is 1. The molecule has 2 bridgehead atoms. The maximum Gasteiger partial charge on any atom is 0.273 e. The van der Waals surface area contributed by atoms with E-state index in [4.69, 9.17) is 15.2 Å². The minimum atomic E-state index is -4.55. The number of nitrogen functional groups attached to an aromatic ring is 1. The normalized spacial score (nSPS) is 22.6. The van der Waals surface area contributed by atoms with Gasteiger partial charge < -0.3 is 20.2 Å². The highest BCUT2D eigenvalue weighted by atomic mass is 32.2. The fourth-order valence-corrected chi connectivity index (χ4v) is 11.1. The number of carbonyl (C=O) groups excluding carboxylic acids is 1. The predicted octanol–water partition coefficient (Wildman–Crippen LogP) is 9.83. The van der Waals surface area contributed by atoms with E-state index in [1.165, 1.54) is 95.0 Å². The Kier molecular flexibility index (Phi) is 12.9. The number of ether oxygens (including phenoxy) is 2. The number of anilines is 1. The molecular weight excluding hydrogens is 812 g/mol. The number of nitro groups is 1. The van der Waals surface area contributed by atoms with Crippen molar-refractivity contribution in [1.29, 1.82) is 0 Å². The van der Waals surface area contributed by atoms with Crippen LogP contribution in [-0.4, -0.2) is 72.6 Å². The molecule has 3 heterocycles. The lowest BCUT2D eigenvalue weighted by molar-refractivity contribution is -0.385. The number of pyridine rings is 1. The van der Waals surface area contributed by atoms with Crippen molar-refractivity contribution in [2.24, 2.45) is 16.2 Å². The third-order valence-electron chi connectivity index (χ3n) is 13.9. The van der Waals surface area contributed by atoms with Crippen LogP contribution in [0.15, 0.2) is 77.0 Å². The third-order valence-corrected chi connectivity index (χ3v) is 15.2. The summed E-state index contributed by atoms with van der Waals surface area (Å²) >= 11 is 0. The number of alkyl halides is 1. The number of fused-ring (bicyclic) bond motifs is 1. The number of nitrogens with zero attached hydrogens (tertiary/aromatic N) is 3. The molecule has 3 saturated carbocycles. The highest BCUT2D eigenvalue weighted by Crippen LogP contribution is 2.79. The quantitative estimate of drug-likeness (QED) is 0.0450. The molecule has 15 heteroatoms. The number of allylic oxidation sites excluding steroid dienone is 1. The number of nitrogens with one attached hydrogen (secondary N) is 2. The van der Waals surface area contributed by atoms with Gasteiger partial charge in [-0.25, -0.2) is 22.5 Å². The van der Waals surface area contributed by atoms with E-state index in [1.54, 1.807) is 18.3 Å². The zero-order valence-corrected chi connectivity index (χ0v) is 37.5. The Bertz CT molecular complexity index is 2440. The van der Waals surface area contributed by atoms with Crippen LogP contribution in [0.2, 0.25) is 0 Å². The second-order valence-corrected chi connectivity index (χ2v) is 20.4. The van der Waals surface area contributed by atoms with Gasteiger partial charge in [-0.2, -0.15) is 0 Å². The van der Waals surface area contributed by atoms with Gasteiger partial charge in [0.15, 0.2) is 0 Å². The molecule has 2 aromatic carbocycles. The lowest BCUT2D eigenvalue weighted by atomic mass is 9.31. The minimum absolute atomic E-state index is 0.0241. The van der Waals surface area contributed by atoms with Gasteiger partial charge in [-0.05, 0) is 111 Å². The third kappa shape index (κ3) is 9.69. The van der Waals surface area contributed by atoms with E-state index in [1.807, 2.05) is 15.9 Å². The second kappa shape index (κ2) is 17.7. The van der Waals surface area contributed by atoms with Gasteiger partial charge in [0.2, 0.25) is 0 Å². The molecule has 4 aromatic rings. The number of carbonyl (C=O) groups is 1. The first-order valence-corrected chi connectivity index (χ1v) is 23.4. The monoisotopic (exact) mass is 872 g/mol. The second-order valence-electron chi connectivity index (χ2n) is 18.7. The number of H-pyrrole nitrogens is 1. The van der Waals surface area contributed by atoms with E-state index >= 15 is 0 Å². The fourth-order valence-electron chi connectivity index (χ4n) is 10.1. The van der Waals surface area contributed by atoms with E-state index in [2.05, 4.69) is 49.5 Å². The molecule has 4 N–H and O–H groups in total. The molecule has 4 fully saturated rings. The summed E-state index contributed by atoms with van der Waals surface area (Å²) in [6.07, 6.45) is 13.7. The summed E-state index contributed by atoms with van der Waals surface area (Å²) in [5.41, 5.74) is 10.5. The number of amides is 1. The Morgan fingerprint density at radius 3 is 2.45 bits per heavy atom. The van der Waals surface area contributed by atoms with Crippen LogP contribution in [-0.2, 0) is 21.2 Å². The maximum atomic E-state index is 15.0. The average molecular weight is 873 g/mol. The molecule has 1 saturated heterocycles. The summed E-state index contributed by atoms with van der Waals surface area (Å²) in [5.74, 6) is -0.785. The van der Waals surface area contributed by atoms with Crippen molar-refractivity contribution < 1.29 is 32.0 Å². The van der Waals surface area contributed by atoms with Gasteiger partial charge in [0.05, 0.1) is 21.6 Å². The van der Waals surface area contributed by atoms with E-state index < -0.39 is 37.1 Å². The van der Waals surface area contributed by atoms with Crippen LogP contribution in [0, 0.1) is 26.4 Å². The molecule has 2 aromatic heterocycles. The Balaban J connectivity index is 0.000000230. The average Bonchev–Trinajstić information content (AvgIpc) is 3.67. The number of aromatic amines is 1. The number of nitrogens with two attached hydrogens (primary N) is 1. The summed E-state index contributed by atoms with van der Waals surface area (Å²) in [4.78, 5) is 33.4. The molecule has 1 aliphatic heterocycles. The number of benzene rings is 2. The minimum Gasteiger partial charge on any atom is -0.455 e. The van der Waals surface area contributed by atoms with Crippen LogP contribution >= 0.6 is 0 Å². The topological polar surface area (TPSA) is 183 Å². The van der Waals surface area contributed by atoms with E-state index in [0.29, 0.717) is 16.5 Å². The van der Waals surface area contributed by atoms with Crippen molar-refractivity contribution in [1.82, 2.24) is 19.6 Å². The van der Waals surface area contributed by atoms with Gasteiger partial charge in [0.1, 0.15) is 22.8 Å². The molecule has 1 amide bonds. The number of halogens is 1. The summed E-state index contributed by atoms with van der Waals surface area (Å²) in [6, 6.07) is 10.8. The summed E-state index contributed by atoms with van der Waals surface area (Å²) in [6.45, 7) is 16.2. The van der Waals surface area contributed by atoms with Gasteiger partial charge in [0.25, 0.3) is 21.6 Å². The van der Waals surface area contributed by atoms with Crippen molar-refractivity contribution >= 4 is 38.3 Å². The highest BCUT2D eigenvalue weighted by Gasteiger charge is 2.68. The Labute approximate surface area is 364 Å². The van der Waals surface area contributed by atoms with E-state index in [-0.39, 0.29) is 67.2 Å². The summed E-state index contributed by atoms with van der Waals surface area (Å²) in [5, 5.41) is 12.5. The fraction of sp³-hybridized carbons (Fsp3) is 0.532. The summed E-state index contributed by atoms with van der Waals surface area (Å²) in [7, 11) is -4.55. The van der Waals surface area contributed by atoms with Crippen LogP contribution in [0.4, 0.5) is 15.8 Å². The number of nitro benzene ring substituents is 1. The molecule has 62 heavy (non-hydrogen) atoms. The molecule has 0 atom stereocenters. The van der Waals surface area contributed by atoms with Gasteiger partial charge in [-0.1, -0.05) is 58.3 Å². The Hall–Kier alpha value is -4.86. The van der Waals surface area contributed by atoms with E-state index in [9.17, 15) is 27.7 Å². The van der Waals surface area contributed by atoms with Gasteiger partial charge >= 0.3 is 0 Å². The zero-order valence-electron chi connectivity index (χ0n) is 36.7.